The molecule has 0 unspecified atom stereocenters. The number of furan rings is 1. The van der Waals surface area contributed by atoms with Crippen molar-refractivity contribution in [3.05, 3.63) is 96.0 Å². The third kappa shape index (κ3) is 4.19. The van der Waals surface area contributed by atoms with Crippen LogP contribution in [0.15, 0.2) is 83.3 Å². The van der Waals surface area contributed by atoms with E-state index in [0.717, 1.165) is 5.56 Å². The number of hydrogen-bond acceptors (Lipinski definition) is 3. The van der Waals surface area contributed by atoms with Gasteiger partial charge < -0.3 is 15.1 Å². The number of amides is 2. The van der Waals surface area contributed by atoms with Crippen LogP contribution in [0.25, 0.3) is 11.0 Å². The van der Waals surface area contributed by atoms with Gasteiger partial charge in [0.25, 0.3) is 5.91 Å². The number of hydrogen-bond donors (Lipinski definition) is 2. The van der Waals surface area contributed by atoms with Crippen molar-refractivity contribution < 1.29 is 18.4 Å². The molecule has 0 spiro atoms. The summed E-state index contributed by atoms with van der Waals surface area (Å²) < 4.78 is 19.7. The Morgan fingerprint density at radius 2 is 1.58 bits per heavy atom. The molecule has 0 saturated heterocycles. The molecule has 0 aliphatic heterocycles. The van der Waals surface area contributed by atoms with Crippen LogP contribution in [0.3, 0.4) is 0 Å². The Morgan fingerprint density at radius 1 is 0.903 bits per heavy atom. The molecule has 2 amide bonds. The molecule has 0 aliphatic carbocycles. The third-order valence-electron chi connectivity index (χ3n) is 5.10. The maximum absolute atomic E-state index is 14.0. The highest BCUT2D eigenvalue weighted by molar-refractivity contribution is 6.15. The summed E-state index contributed by atoms with van der Waals surface area (Å²) in [6, 6.07) is 22.3. The molecule has 4 rings (SSSR count). The number of anilines is 2. The van der Waals surface area contributed by atoms with Crippen molar-refractivity contribution in [3.63, 3.8) is 0 Å². The average Bonchev–Trinajstić information content (AvgIpc) is 3.15. The van der Waals surface area contributed by atoms with E-state index < -0.39 is 17.6 Å². The first kappa shape index (κ1) is 20.3. The van der Waals surface area contributed by atoms with Crippen molar-refractivity contribution in [1.82, 2.24) is 0 Å². The molecule has 2 N–H and O–H groups in total. The van der Waals surface area contributed by atoms with Gasteiger partial charge in [-0.3, -0.25) is 9.59 Å². The van der Waals surface area contributed by atoms with Gasteiger partial charge in [-0.25, -0.2) is 4.39 Å². The van der Waals surface area contributed by atoms with Gasteiger partial charge in [0.1, 0.15) is 17.1 Å². The van der Waals surface area contributed by atoms with E-state index >= 15 is 0 Å². The highest BCUT2D eigenvalue weighted by Gasteiger charge is 2.26. The molecule has 1 aromatic heterocycles. The van der Waals surface area contributed by atoms with E-state index in [1.165, 1.54) is 18.2 Å². The zero-order valence-corrected chi connectivity index (χ0v) is 16.9. The molecule has 4 aromatic rings. The Hall–Kier alpha value is -3.93. The van der Waals surface area contributed by atoms with E-state index in [1.807, 2.05) is 37.3 Å². The molecule has 1 atom stereocenters. The third-order valence-corrected chi connectivity index (χ3v) is 5.10. The van der Waals surface area contributed by atoms with Gasteiger partial charge in [0.15, 0.2) is 0 Å². The second-order valence-corrected chi connectivity index (χ2v) is 7.10. The van der Waals surface area contributed by atoms with E-state index in [2.05, 4.69) is 10.6 Å². The molecule has 3 aromatic carbocycles. The fraction of sp³-hybridized carbons (Fsp3) is 0.120. The van der Waals surface area contributed by atoms with Crippen LogP contribution in [0.1, 0.15) is 35.4 Å². The lowest BCUT2D eigenvalue weighted by atomic mass is 9.95. The molecule has 1 heterocycles. The van der Waals surface area contributed by atoms with Gasteiger partial charge in [-0.05, 0) is 36.2 Å². The summed E-state index contributed by atoms with van der Waals surface area (Å²) in [5.41, 5.74) is 1.63. The first-order chi connectivity index (χ1) is 15.1. The van der Waals surface area contributed by atoms with Crippen LogP contribution >= 0.6 is 0 Å². The van der Waals surface area contributed by atoms with E-state index in [9.17, 15) is 14.0 Å². The Balaban J connectivity index is 1.69. The molecule has 0 radical (unpaired) electrons. The SMILES string of the molecule is CC[C@@H](C(=O)Nc1c(C(=O)Nc2ccccc2F)oc2ccccc12)c1ccccc1. The van der Waals surface area contributed by atoms with E-state index in [1.54, 1.807) is 30.3 Å². The molecule has 0 saturated carbocycles. The van der Waals surface area contributed by atoms with Crippen molar-refractivity contribution in [1.29, 1.82) is 0 Å². The number of benzene rings is 3. The van der Waals surface area contributed by atoms with Crippen LogP contribution in [0.5, 0.6) is 0 Å². The highest BCUT2D eigenvalue weighted by atomic mass is 19.1. The predicted molar refractivity (Wildman–Crippen MR) is 119 cm³/mol. The van der Waals surface area contributed by atoms with Crippen molar-refractivity contribution in [2.45, 2.75) is 19.3 Å². The Kier molecular flexibility index (Phi) is 5.80. The Bertz CT molecular complexity index is 1230. The summed E-state index contributed by atoms with van der Waals surface area (Å²) in [4.78, 5) is 26.1. The summed E-state index contributed by atoms with van der Waals surface area (Å²) in [5, 5.41) is 5.99. The number of carbonyl (C=O) groups is 2. The lowest BCUT2D eigenvalue weighted by Crippen LogP contribution is -2.22. The summed E-state index contributed by atoms with van der Waals surface area (Å²) >= 11 is 0. The fourth-order valence-electron chi connectivity index (χ4n) is 3.54. The first-order valence-corrected chi connectivity index (χ1v) is 10.0. The first-order valence-electron chi connectivity index (χ1n) is 10.0. The van der Waals surface area contributed by atoms with Gasteiger partial charge >= 0.3 is 0 Å². The summed E-state index contributed by atoms with van der Waals surface area (Å²) in [6.07, 6.45) is 0.586. The molecule has 156 valence electrons. The standard InChI is InChI=1S/C25H21FN2O3/c1-2-17(16-10-4-3-5-11-16)24(29)28-22-18-12-6-9-15-21(18)31-23(22)25(30)27-20-14-8-7-13-19(20)26/h3-15,17H,2H2,1H3,(H,27,30)(H,28,29)/t17-/m1/s1. The molecular formula is C25H21FN2O3. The molecule has 6 heteroatoms. The van der Waals surface area contributed by atoms with Crippen LogP contribution in [0.4, 0.5) is 15.8 Å². The molecule has 0 bridgehead atoms. The van der Waals surface area contributed by atoms with Crippen LogP contribution in [-0.2, 0) is 4.79 Å². The normalized spacial score (nSPS) is 11.8. The molecule has 31 heavy (non-hydrogen) atoms. The summed E-state index contributed by atoms with van der Waals surface area (Å²) in [6.45, 7) is 1.93. The van der Waals surface area contributed by atoms with Crippen LogP contribution in [0.2, 0.25) is 0 Å². The van der Waals surface area contributed by atoms with Crippen LogP contribution < -0.4 is 10.6 Å². The van der Waals surface area contributed by atoms with Gasteiger partial charge in [-0.2, -0.15) is 0 Å². The van der Waals surface area contributed by atoms with Gasteiger partial charge in [0.05, 0.1) is 11.6 Å². The molecule has 0 aliphatic rings. The maximum atomic E-state index is 14.0. The smallest absolute Gasteiger partial charge is 0.293 e. The van der Waals surface area contributed by atoms with Crippen LogP contribution in [-0.4, -0.2) is 11.8 Å². The minimum Gasteiger partial charge on any atom is -0.449 e. The van der Waals surface area contributed by atoms with Crippen molar-refractivity contribution >= 4 is 34.2 Å². The minimum atomic E-state index is -0.649. The number of nitrogens with one attached hydrogen (secondary N) is 2. The van der Waals surface area contributed by atoms with Crippen molar-refractivity contribution in [2.24, 2.45) is 0 Å². The maximum Gasteiger partial charge on any atom is 0.293 e. The topological polar surface area (TPSA) is 71.3 Å². The predicted octanol–water partition coefficient (Wildman–Crippen LogP) is 5.96. The fourth-order valence-corrected chi connectivity index (χ4v) is 3.54. The summed E-state index contributed by atoms with van der Waals surface area (Å²) in [7, 11) is 0. The second-order valence-electron chi connectivity index (χ2n) is 7.10. The van der Waals surface area contributed by atoms with E-state index in [4.69, 9.17) is 4.42 Å². The molecule has 5 nitrogen and oxygen atoms in total. The van der Waals surface area contributed by atoms with Crippen molar-refractivity contribution in [2.75, 3.05) is 10.6 Å². The number of fused-ring (bicyclic) bond motifs is 1. The van der Waals surface area contributed by atoms with Crippen molar-refractivity contribution in [3.8, 4) is 0 Å². The monoisotopic (exact) mass is 416 g/mol. The highest BCUT2D eigenvalue weighted by Crippen LogP contribution is 2.33. The van der Waals surface area contributed by atoms with Gasteiger partial charge in [-0.1, -0.05) is 61.5 Å². The number of carbonyl (C=O) groups excluding carboxylic acids is 2. The number of para-hydroxylation sites is 2. The Labute approximate surface area is 178 Å². The van der Waals surface area contributed by atoms with Crippen LogP contribution in [0, 0.1) is 5.82 Å². The Morgan fingerprint density at radius 3 is 2.32 bits per heavy atom. The van der Waals surface area contributed by atoms with E-state index in [-0.39, 0.29) is 23.0 Å². The minimum absolute atomic E-state index is 0.0287. The zero-order valence-electron chi connectivity index (χ0n) is 16.9. The lowest BCUT2D eigenvalue weighted by molar-refractivity contribution is -0.117. The summed E-state index contributed by atoms with van der Waals surface area (Å²) in [5.74, 6) is -1.93. The zero-order chi connectivity index (χ0) is 21.8. The molecular weight excluding hydrogens is 395 g/mol. The number of rotatable bonds is 6. The largest absolute Gasteiger partial charge is 0.449 e. The van der Waals surface area contributed by atoms with Gasteiger partial charge in [0.2, 0.25) is 11.7 Å². The lowest BCUT2D eigenvalue weighted by Gasteiger charge is -2.15. The average molecular weight is 416 g/mol. The number of halogens is 1. The van der Waals surface area contributed by atoms with Gasteiger partial charge in [0, 0.05) is 5.39 Å². The second kappa shape index (κ2) is 8.83. The van der Waals surface area contributed by atoms with Gasteiger partial charge in [-0.15, -0.1) is 0 Å². The quantitative estimate of drug-likeness (QED) is 0.408. The van der Waals surface area contributed by atoms with E-state index in [0.29, 0.717) is 17.4 Å². The molecule has 0 fully saturated rings.